The fourth-order valence-corrected chi connectivity index (χ4v) is 2.21. The number of carbonyl (C=O) groups excluding carboxylic acids is 1. The predicted octanol–water partition coefficient (Wildman–Crippen LogP) is 3.22. The van der Waals surface area contributed by atoms with E-state index in [2.05, 4.69) is 14.9 Å². The third-order valence-electron chi connectivity index (χ3n) is 2.42. The molecule has 7 heteroatoms. The number of hydrogen-bond acceptors (Lipinski definition) is 5. The van der Waals surface area contributed by atoms with Gasteiger partial charge in [-0.15, -0.1) is 5.10 Å². The van der Waals surface area contributed by atoms with Crippen LogP contribution < -0.4 is 5.32 Å². The lowest BCUT2D eigenvalue weighted by atomic mass is 10.1. The monoisotopic (exact) mass is 311 g/mol. The van der Waals surface area contributed by atoms with Gasteiger partial charge in [0, 0.05) is 22.8 Å². The fourth-order valence-electron chi connectivity index (χ4n) is 1.53. The summed E-state index contributed by atoms with van der Waals surface area (Å²) >= 11 is 7.13. The molecule has 106 valence electrons. The molecule has 1 heterocycles. The van der Waals surface area contributed by atoms with Gasteiger partial charge < -0.3 is 10.1 Å². The van der Waals surface area contributed by atoms with Crippen molar-refractivity contribution in [1.82, 2.24) is 9.59 Å². The third-order valence-corrected chi connectivity index (χ3v) is 3.32. The van der Waals surface area contributed by atoms with Gasteiger partial charge in [-0.1, -0.05) is 28.2 Å². The van der Waals surface area contributed by atoms with Crippen LogP contribution in [0.15, 0.2) is 24.3 Å². The zero-order valence-corrected chi connectivity index (χ0v) is 12.7. The molecule has 0 fully saturated rings. The molecule has 0 saturated carbocycles. The number of halogens is 1. The molecule has 0 radical (unpaired) electrons. The van der Waals surface area contributed by atoms with Crippen LogP contribution in [-0.2, 0) is 9.53 Å². The molecule has 1 aromatic heterocycles. The van der Waals surface area contributed by atoms with E-state index >= 15 is 0 Å². The number of amides is 1. The van der Waals surface area contributed by atoms with Gasteiger partial charge in [-0.25, -0.2) is 0 Å². The molecule has 1 N–H and O–H groups in total. The van der Waals surface area contributed by atoms with Crippen LogP contribution in [0.25, 0.3) is 11.3 Å². The maximum absolute atomic E-state index is 11.7. The van der Waals surface area contributed by atoms with Gasteiger partial charge in [-0.05, 0) is 26.0 Å². The number of rotatable bonds is 5. The lowest BCUT2D eigenvalue weighted by Gasteiger charge is -2.09. The van der Waals surface area contributed by atoms with Gasteiger partial charge in [0.25, 0.3) is 0 Å². The third kappa shape index (κ3) is 4.00. The molecular weight excluding hydrogens is 298 g/mol. The van der Waals surface area contributed by atoms with Crippen LogP contribution in [0.2, 0.25) is 4.34 Å². The van der Waals surface area contributed by atoms with E-state index in [1.54, 1.807) is 12.1 Å². The SMILES string of the molecule is CC(C)OCC(=O)Nc1cccc(-c2nnsc2Cl)c1. The molecule has 0 bridgehead atoms. The Morgan fingerprint density at radius 1 is 1.50 bits per heavy atom. The van der Waals surface area contributed by atoms with Crippen LogP contribution in [-0.4, -0.2) is 28.2 Å². The van der Waals surface area contributed by atoms with Crippen molar-refractivity contribution in [2.45, 2.75) is 20.0 Å². The molecule has 20 heavy (non-hydrogen) atoms. The Kier molecular flexibility index (Phi) is 5.05. The summed E-state index contributed by atoms with van der Waals surface area (Å²) in [5.41, 5.74) is 2.10. The summed E-state index contributed by atoms with van der Waals surface area (Å²) in [6.07, 6.45) is 0.0203. The Hall–Kier alpha value is -1.50. The number of nitrogens with zero attached hydrogens (tertiary/aromatic N) is 2. The minimum absolute atomic E-state index is 0.0203. The topological polar surface area (TPSA) is 64.1 Å². The van der Waals surface area contributed by atoms with Gasteiger partial charge >= 0.3 is 0 Å². The summed E-state index contributed by atoms with van der Waals surface area (Å²) in [5.74, 6) is -0.196. The Morgan fingerprint density at radius 2 is 2.30 bits per heavy atom. The predicted molar refractivity (Wildman–Crippen MR) is 80.1 cm³/mol. The summed E-state index contributed by atoms with van der Waals surface area (Å²) in [4.78, 5) is 11.7. The number of anilines is 1. The first-order valence-electron chi connectivity index (χ1n) is 6.06. The standard InChI is InChI=1S/C13H14ClN3O2S/c1-8(2)19-7-11(18)15-10-5-3-4-9(6-10)12-13(14)20-17-16-12/h3-6,8H,7H2,1-2H3,(H,15,18). The van der Waals surface area contributed by atoms with Crippen molar-refractivity contribution in [2.75, 3.05) is 11.9 Å². The van der Waals surface area contributed by atoms with Gasteiger partial charge in [-0.2, -0.15) is 0 Å². The molecule has 0 aliphatic rings. The molecule has 1 amide bonds. The van der Waals surface area contributed by atoms with Crippen molar-refractivity contribution in [2.24, 2.45) is 0 Å². The highest BCUT2D eigenvalue weighted by Crippen LogP contribution is 2.29. The average molecular weight is 312 g/mol. The first kappa shape index (κ1) is 14.9. The Labute approximate surface area is 126 Å². The van der Waals surface area contributed by atoms with Gasteiger partial charge in [-0.3, -0.25) is 4.79 Å². The zero-order chi connectivity index (χ0) is 14.5. The van der Waals surface area contributed by atoms with Crippen molar-refractivity contribution >= 4 is 34.7 Å². The van der Waals surface area contributed by atoms with E-state index in [4.69, 9.17) is 16.3 Å². The Balaban J connectivity index is 2.07. The number of aromatic nitrogens is 2. The first-order chi connectivity index (χ1) is 9.56. The molecule has 2 aromatic rings. The number of carbonyl (C=O) groups is 1. The molecule has 0 unspecified atom stereocenters. The van der Waals surface area contributed by atoms with E-state index < -0.39 is 0 Å². The van der Waals surface area contributed by atoms with Crippen molar-refractivity contribution in [1.29, 1.82) is 0 Å². The molecule has 0 saturated heterocycles. The molecule has 0 aliphatic heterocycles. The van der Waals surface area contributed by atoms with Crippen LogP contribution in [0.4, 0.5) is 5.69 Å². The van der Waals surface area contributed by atoms with E-state index in [-0.39, 0.29) is 18.6 Å². The van der Waals surface area contributed by atoms with E-state index in [0.717, 1.165) is 17.1 Å². The second kappa shape index (κ2) is 6.78. The molecule has 0 atom stereocenters. The smallest absolute Gasteiger partial charge is 0.250 e. The second-order valence-electron chi connectivity index (χ2n) is 4.38. The van der Waals surface area contributed by atoms with Gasteiger partial charge in [0.05, 0.1) is 6.10 Å². The minimum atomic E-state index is -0.196. The van der Waals surface area contributed by atoms with Gasteiger partial charge in [0.15, 0.2) is 0 Å². The van der Waals surface area contributed by atoms with Gasteiger partial charge in [0.2, 0.25) is 5.91 Å². The van der Waals surface area contributed by atoms with E-state index in [1.807, 2.05) is 26.0 Å². The largest absolute Gasteiger partial charge is 0.369 e. The maximum atomic E-state index is 11.7. The summed E-state index contributed by atoms with van der Waals surface area (Å²) < 4.78 is 9.56. The second-order valence-corrected chi connectivity index (χ2v) is 5.74. The van der Waals surface area contributed by atoms with Crippen molar-refractivity contribution < 1.29 is 9.53 Å². The summed E-state index contributed by atoms with van der Waals surface area (Å²) in [6, 6.07) is 7.28. The summed E-state index contributed by atoms with van der Waals surface area (Å²) in [7, 11) is 0. The first-order valence-corrected chi connectivity index (χ1v) is 7.21. The van der Waals surface area contributed by atoms with Crippen LogP contribution in [0.1, 0.15) is 13.8 Å². The van der Waals surface area contributed by atoms with Crippen molar-refractivity contribution in [3.8, 4) is 11.3 Å². The lowest BCUT2D eigenvalue weighted by molar-refractivity contribution is -0.121. The highest BCUT2D eigenvalue weighted by molar-refractivity contribution is 7.10. The average Bonchev–Trinajstić information content (AvgIpc) is 2.83. The zero-order valence-electron chi connectivity index (χ0n) is 11.1. The maximum Gasteiger partial charge on any atom is 0.250 e. The molecule has 5 nitrogen and oxygen atoms in total. The molecule has 0 spiro atoms. The summed E-state index contributed by atoms with van der Waals surface area (Å²) in [5, 5.41) is 6.73. The van der Waals surface area contributed by atoms with E-state index in [0.29, 0.717) is 15.7 Å². The molecule has 2 rings (SSSR count). The quantitative estimate of drug-likeness (QED) is 0.921. The Morgan fingerprint density at radius 3 is 2.95 bits per heavy atom. The van der Waals surface area contributed by atoms with Gasteiger partial charge in [0.1, 0.15) is 16.6 Å². The van der Waals surface area contributed by atoms with E-state index in [9.17, 15) is 4.79 Å². The normalized spacial score (nSPS) is 10.8. The molecular formula is C13H14ClN3O2S. The fraction of sp³-hybridized carbons (Fsp3) is 0.308. The van der Waals surface area contributed by atoms with Crippen LogP contribution in [0.3, 0.4) is 0 Å². The highest BCUT2D eigenvalue weighted by Gasteiger charge is 2.10. The van der Waals surface area contributed by atoms with E-state index in [1.165, 1.54) is 0 Å². The summed E-state index contributed by atoms with van der Waals surface area (Å²) in [6.45, 7) is 3.79. The van der Waals surface area contributed by atoms with Crippen molar-refractivity contribution in [3.05, 3.63) is 28.6 Å². The van der Waals surface area contributed by atoms with Crippen LogP contribution >= 0.6 is 23.1 Å². The van der Waals surface area contributed by atoms with Crippen LogP contribution in [0, 0.1) is 0 Å². The molecule has 1 aromatic carbocycles. The number of benzene rings is 1. The lowest BCUT2D eigenvalue weighted by Crippen LogP contribution is -2.20. The molecule has 0 aliphatic carbocycles. The Bertz CT molecular complexity index is 601. The number of hydrogen-bond donors (Lipinski definition) is 1. The highest BCUT2D eigenvalue weighted by atomic mass is 35.5. The number of ether oxygens (including phenoxy) is 1. The number of nitrogens with one attached hydrogen (secondary N) is 1. The van der Waals surface area contributed by atoms with Crippen LogP contribution in [0.5, 0.6) is 0 Å². The minimum Gasteiger partial charge on any atom is -0.369 e. The van der Waals surface area contributed by atoms with Crippen molar-refractivity contribution in [3.63, 3.8) is 0 Å².